The van der Waals surface area contributed by atoms with Crippen LogP contribution < -0.4 is 0 Å². The molecule has 9 heteroatoms. The van der Waals surface area contributed by atoms with Gasteiger partial charge in [0.15, 0.2) is 0 Å². The van der Waals surface area contributed by atoms with E-state index in [-0.39, 0.29) is 37.4 Å². The Morgan fingerprint density at radius 2 is 0.900 bits per heavy atom. The summed E-state index contributed by atoms with van der Waals surface area (Å²) in [6.07, 6.45) is 5.89. The fraction of sp³-hybridized carbons (Fsp3) is 0.429. The summed E-state index contributed by atoms with van der Waals surface area (Å²) in [4.78, 5) is 35.6. The molecule has 30 heavy (non-hydrogen) atoms. The van der Waals surface area contributed by atoms with Crippen molar-refractivity contribution >= 4 is 34.9 Å². The van der Waals surface area contributed by atoms with Crippen LogP contribution in [0.25, 0.3) is 0 Å². The van der Waals surface area contributed by atoms with Gasteiger partial charge in [0.2, 0.25) is 17.7 Å². The van der Waals surface area contributed by atoms with Crippen LogP contribution in [-0.2, 0) is 14.4 Å². The Bertz CT molecular complexity index is 680. The highest BCUT2D eigenvalue weighted by molar-refractivity contribution is 6.23. The molecular formula is C21H30N6O3. The van der Waals surface area contributed by atoms with Crippen molar-refractivity contribution in [2.45, 2.75) is 40.0 Å². The zero-order valence-electron chi connectivity index (χ0n) is 18.0. The summed E-state index contributed by atoms with van der Waals surface area (Å²) >= 11 is 0. The van der Waals surface area contributed by atoms with E-state index in [9.17, 15) is 14.4 Å². The van der Waals surface area contributed by atoms with Crippen LogP contribution in [-0.4, -0.2) is 69.5 Å². The van der Waals surface area contributed by atoms with Gasteiger partial charge in [-0.2, -0.15) is 15.3 Å². The number of rotatable bonds is 9. The van der Waals surface area contributed by atoms with Gasteiger partial charge in [-0.25, -0.2) is 15.0 Å². The van der Waals surface area contributed by atoms with Crippen LogP contribution in [0.3, 0.4) is 0 Å². The van der Waals surface area contributed by atoms with E-state index >= 15 is 0 Å². The molecule has 162 valence electrons. The van der Waals surface area contributed by atoms with Crippen LogP contribution in [0.2, 0.25) is 0 Å². The average Bonchev–Trinajstić information content (AvgIpc) is 2.66. The molecule has 0 heterocycles. The predicted molar refractivity (Wildman–Crippen MR) is 119 cm³/mol. The molecule has 0 unspecified atom stereocenters. The highest BCUT2D eigenvalue weighted by Crippen LogP contribution is 2.16. The number of carbonyl (C=O) groups is 3. The third-order valence-corrected chi connectivity index (χ3v) is 4.01. The van der Waals surface area contributed by atoms with E-state index in [1.54, 1.807) is 18.2 Å². The predicted octanol–water partition coefficient (Wildman–Crippen LogP) is 2.34. The van der Waals surface area contributed by atoms with Gasteiger partial charge in [0.05, 0.1) is 19.6 Å². The molecule has 1 aliphatic rings. The van der Waals surface area contributed by atoms with Gasteiger partial charge >= 0.3 is 0 Å². The van der Waals surface area contributed by atoms with Gasteiger partial charge in [-0.1, -0.05) is 18.2 Å². The molecule has 0 atom stereocenters. The van der Waals surface area contributed by atoms with E-state index in [0.717, 1.165) is 0 Å². The van der Waals surface area contributed by atoms with Crippen LogP contribution in [0.4, 0.5) is 0 Å². The number of amides is 3. The molecule has 0 aromatic heterocycles. The molecule has 3 amide bonds. The standard InChI is InChI=1S/C21H30N6O3/c1-7-10-25(16(4)28)22-19-13-20(23-26(11-8-2)17(5)29)15-21(14-19)24-27(12-9-3)18(6)30/h7-9H,1-3,10-15H2,4-6H3. The van der Waals surface area contributed by atoms with E-state index in [0.29, 0.717) is 36.4 Å². The smallest absolute Gasteiger partial charge is 0.239 e. The van der Waals surface area contributed by atoms with Crippen molar-refractivity contribution in [2.75, 3.05) is 19.6 Å². The first-order valence-electron chi connectivity index (χ1n) is 9.57. The second kappa shape index (κ2) is 12.3. The topological polar surface area (TPSA) is 98.0 Å². The summed E-state index contributed by atoms with van der Waals surface area (Å²) < 4.78 is 0. The molecule has 0 spiro atoms. The first kappa shape index (κ1) is 24.7. The van der Waals surface area contributed by atoms with Crippen molar-refractivity contribution < 1.29 is 14.4 Å². The maximum Gasteiger partial charge on any atom is 0.239 e. The SMILES string of the molecule is C=CCN(N=C1CC(=NN(CC=C)C(C)=O)CC(=NN(CC=C)C(C)=O)C1)C(C)=O. The molecule has 1 rings (SSSR count). The Balaban J connectivity index is 3.36. The van der Waals surface area contributed by atoms with E-state index in [1.165, 1.54) is 35.8 Å². The summed E-state index contributed by atoms with van der Waals surface area (Å²) in [5.74, 6) is -0.669. The van der Waals surface area contributed by atoms with Gasteiger partial charge < -0.3 is 0 Å². The Kier molecular flexibility index (Phi) is 10.1. The normalized spacial score (nSPS) is 13.1. The summed E-state index contributed by atoms with van der Waals surface area (Å²) in [5, 5.41) is 17.2. The molecule has 0 radical (unpaired) electrons. The van der Waals surface area contributed by atoms with Crippen molar-refractivity contribution in [3.63, 3.8) is 0 Å². The zero-order valence-corrected chi connectivity index (χ0v) is 18.0. The maximum absolute atomic E-state index is 11.9. The molecule has 1 saturated carbocycles. The summed E-state index contributed by atoms with van der Waals surface area (Å²) in [5.41, 5.74) is 1.96. The minimum Gasteiger partial charge on any atom is -0.273 e. The largest absolute Gasteiger partial charge is 0.273 e. The molecule has 0 aliphatic heterocycles. The lowest BCUT2D eigenvalue weighted by Gasteiger charge is -2.24. The van der Waals surface area contributed by atoms with Gasteiger partial charge in [0.1, 0.15) is 0 Å². The molecule has 0 aromatic carbocycles. The second-order valence-electron chi connectivity index (χ2n) is 6.70. The van der Waals surface area contributed by atoms with E-state index in [1.807, 2.05) is 0 Å². The van der Waals surface area contributed by atoms with Crippen molar-refractivity contribution in [1.82, 2.24) is 15.0 Å². The number of nitrogens with zero attached hydrogens (tertiary/aromatic N) is 6. The Labute approximate surface area is 177 Å². The Morgan fingerprint density at radius 1 is 0.667 bits per heavy atom. The molecule has 0 saturated heterocycles. The lowest BCUT2D eigenvalue weighted by Crippen LogP contribution is -2.33. The molecule has 1 fully saturated rings. The van der Waals surface area contributed by atoms with Crippen LogP contribution in [0.5, 0.6) is 0 Å². The van der Waals surface area contributed by atoms with Crippen molar-refractivity contribution in [1.29, 1.82) is 0 Å². The molecule has 1 aliphatic carbocycles. The van der Waals surface area contributed by atoms with Gasteiger partial charge in [-0.05, 0) is 0 Å². The van der Waals surface area contributed by atoms with Crippen molar-refractivity contribution in [2.24, 2.45) is 15.3 Å². The first-order chi connectivity index (χ1) is 14.2. The van der Waals surface area contributed by atoms with Gasteiger partial charge in [0.25, 0.3) is 0 Å². The number of hydrogen-bond acceptors (Lipinski definition) is 6. The minimum atomic E-state index is -0.223. The summed E-state index contributed by atoms with van der Waals surface area (Å²) in [6, 6.07) is 0. The van der Waals surface area contributed by atoms with Crippen molar-refractivity contribution in [3.8, 4) is 0 Å². The third kappa shape index (κ3) is 7.94. The summed E-state index contributed by atoms with van der Waals surface area (Å²) in [6.45, 7) is 16.0. The van der Waals surface area contributed by atoms with Gasteiger partial charge in [-0.15, -0.1) is 19.7 Å². The Morgan fingerprint density at radius 3 is 1.07 bits per heavy atom. The number of hydrogen-bond donors (Lipinski definition) is 0. The zero-order chi connectivity index (χ0) is 22.7. The Hall–Kier alpha value is -3.36. The van der Waals surface area contributed by atoms with Crippen LogP contribution >= 0.6 is 0 Å². The first-order valence-corrected chi connectivity index (χ1v) is 9.57. The molecule has 0 bridgehead atoms. The lowest BCUT2D eigenvalue weighted by molar-refractivity contribution is -0.129. The van der Waals surface area contributed by atoms with Gasteiger partial charge in [0, 0.05) is 57.2 Å². The lowest BCUT2D eigenvalue weighted by atomic mass is 9.94. The minimum absolute atomic E-state index is 0.223. The summed E-state index contributed by atoms with van der Waals surface area (Å²) in [7, 11) is 0. The molecule has 0 N–H and O–H groups in total. The van der Waals surface area contributed by atoms with E-state index in [2.05, 4.69) is 35.0 Å². The van der Waals surface area contributed by atoms with Crippen LogP contribution in [0.1, 0.15) is 40.0 Å². The monoisotopic (exact) mass is 414 g/mol. The van der Waals surface area contributed by atoms with Gasteiger partial charge in [-0.3, -0.25) is 14.4 Å². The number of carbonyl (C=O) groups excluding carboxylic acids is 3. The quantitative estimate of drug-likeness (QED) is 0.428. The maximum atomic E-state index is 11.9. The highest BCUT2D eigenvalue weighted by Gasteiger charge is 2.23. The third-order valence-electron chi connectivity index (χ3n) is 4.01. The van der Waals surface area contributed by atoms with Crippen LogP contribution in [0, 0.1) is 0 Å². The van der Waals surface area contributed by atoms with Crippen LogP contribution in [0.15, 0.2) is 53.3 Å². The fourth-order valence-electron chi connectivity index (χ4n) is 2.70. The average molecular weight is 415 g/mol. The molecule has 0 aromatic rings. The molecule has 9 nitrogen and oxygen atoms in total. The van der Waals surface area contributed by atoms with Crippen molar-refractivity contribution in [3.05, 3.63) is 38.0 Å². The van der Waals surface area contributed by atoms with E-state index < -0.39 is 0 Å². The fourth-order valence-corrected chi connectivity index (χ4v) is 2.70. The van der Waals surface area contributed by atoms with E-state index in [4.69, 9.17) is 0 Å². The molecular weight excluding hydrogens is 384 g/mol. The highest BCUT2D eigenvalue weighted by atomic mass is 16.2. The second-order valence-corrected chi connectivity index (χ2v) is 6.70. The number of hydrazone groups is 3.